The second kappa shape index (κ2) is 5.24. The van der Waals surface area contributed by atoms with Crippen molar-refractivity contribution in [1.29, 1.82) is 0 Å². The van der Waals surface area contributed by atoms with E-state index in [4.69, 9.17) is 11.6 Å². The zero-order valence-corrected chi connectivity index (χ0v) is 13.4. The summed E-state index contributed by atoms with van der Waals surface area (Å²) in [5.74, 6) is 1.56. The highest BCUT2D eigenvalue weighted by molar-refractivity contribution is 6.30. The molecule has 3 fully saturated rings. The first kappa shape index (κ1) is 14.5. The summed E-state index contributed by atoms with van der Waals surface area (Å²) < 4.78 is 0. The normalized spacial score (nSPS) is 34.6. The number of carbonyl (C=O) groups is 1. The Hall–Kier alpha value is -1.06. The number of rotatable bonds is 4. The van der Waals surface area contributed by atoms with Crippen molar-refractivity contribution in [2.24, 2.45) is 17.8 Å². The third-order valence-electron chi connectivity index (χ3n) is 6.18. The predicted octanol–water partition coefficient (Wildman–Crippen LogP) is 2.89. The van der Waals surface area contributed by atoms with Crippen LogP contribution in [0.3, 0.4) is 0 Å². The third kappa shape index (κ3) is 2.17. The summed E-state index contributed by atoms with van der Waals surface area (Å²) in [5.41, 5.74) is 0.713. The molecule has 3 aliphatic carbocycles. The lowest BCUT2D eigenvalue weighted by Gasteiger charge is -2.32. The Morgan fingerprint density at radius 1 is 1.23 bits per heavy atom. The van der Waals surface area contributed by atoms with Gasteiger partial charge in [-0.2, -0.15) is 0 Å². The minimum absolute atomic E-state index is 0.144. The van der Waals surface area contributed by atoms with E-state index in [1.807, 2.05) is 24.3 Å². The van der Waals surface area contributed by atoms with Gasteiger partial charge in [0.15, 0.2) is 0 Å². The van der Waals surface area contributed by atoms with E-state index < -0.39 is 0 Å². The van der Waals surface area contributed by atoms with Gasteiger partial charge in [0.25, 0.3) is 0 Å². The maximum absolute atomic E-state index is 12.9. The van der Waals surface area contributed by atoms with E-state index in [0.717, 1.165) is 18.4 Å². The standard InChI is InChI=1S/C18H22ClNO2/c19-14-5-3-13(4-6-14)18(7-8-18)17(22)20-16-12-2-1-11(9-12)15(16)10-21/h3-6,11-12,15-16,21H,1-2,7-10H2,(H,20,22)/t11-,12+,15?,16?/m1/s1. The van der Waals surface area contributed by atoms with Crippen LogP contribution in [-0.4, -0.2) is 23.7 Å². The van der Waals surface area contributed by atoms with Gasteiger partial charge >= 0.3 is 0 Å². The van der Waals surface area contributed by atoms with Gasteiger partial charge in [0.1, 0.15) is 0 Å². The van der Waals surface area contributed by atoms with Crippen LogP contribution in [0.1, 0.15) is 37.7 Å². The number of fused-ring (bicyclic) bond motifs is 2. The molecule has 22 heavy (non-hydrogen) atoms. The van der Waals surface area contributed by atoms with Gasteiger partial charge in [-0.1, -0.05) is 23.7 Å². The SMILES string of the molecule is O=C(NC1C(CO)[C@@H]2CC[C@H]1C2)C1(c2ccc(Cl)cc2)CC1. The Morgan fingerprint density at radius 3 is 2.55 bits per heavy atom. The fourth-order valence-corrected chi connectivity index (χ4v) is 4.85. The second-order valence-corrected chi connectivity index (χ2v) is 7.70. The summed E-state index contributed by atoms with van der Waals surface area (Å²) in [6, 6.07) is 7.83. The molecule has 3 nitrogen and oxygen atoms in total. The minimum Gasteiger partial charge on any atom is -0.396 e. The number of nitrogens with one attached hydrogen (secondary N) is 1. The minimum atomic E-state index is -0.355. The van der Waals surface area contributed by atoms with E-state index in [0.29, 0.717) is 16.9 Å². The van der Waals surface area contributed by atoms with E-state index in [9.17, 15) is 9.90 Å². The number of aliphatic hydroxyl groups is 1. The molecule has 1 amide bonds. The summed E-state index contributed by atoms with van der Waals surface area (Å²) in [7, 11) is 0. The van der Waals surface area contributed by atoms with Crippen LogP contribution in [0.5, 0.6) is 0 Å². The zero-order chi connectivity index (χ0) is 15.3. The van der Waals surface area contributed by atoms with Gasteiger partial charge < -0.3 is 10.4 Å². The lowest BCUT2D eigenvalue weighted by Crippen LogP contribution is -2.48. The van der Waals surface area contributed by atoms with Crippen molar-refractivity contribution in [3.63, 3.8) is 0 Å². The second-order valence-electron chi connectivity index (χ2n) is 7.27. The van der Waals surface area contributed by atoms with Gasteiger partial charge in [-0.3, -0.25) is 4.79 Å². The zero-order valence-electron chi connectivity index (χ0n) is 12.6. The molecular weight excluding hydrogens is 298 g/mol. The number of amides is 1. The maximum atomic E-state index is 12.9. The topological polar surface area (TPSA) is 49.3 Å². The van der Waals surface area contributed by atoms with Gasteiger partial charge in [0, 0.05) is 23.6 Å². The maximum Gasteiger partial charge on any atom is 0.230 e. The molecule has 2 N–H and O–H groups in total. The van der Waals surface area contributed by atoms with Crippen molar-refractivity contribution in [3.8, 4) is 0 Å². The van der Waals surface area contributed by atoms with Crippen LogP contribution in [0.2, 0.25) is 5.02 Å². The van der Waals surface area contributed by atoms with E-state index in [-0.39, 0.29) is 29.9 Å². The van der Waals surface area contributed by atoms with Crippen molar-refractivity contribution in [2.45, 2.75) is 43.6 Å². The molecule has 0 saturated heterocycles. The number of hydrogen-bond donors (Lipinski definition) is 2. The van der Waals surface area contributed by atoms with Crippen molar-refractivity contribution in [1.82, 2.24) is 5.32 Å². The van der Waals surface area contributed by atoms with E-state index in [2.05, 4.69) is 5.32 Å². The van der Waals surface area contributed by atoms with Gasteiger partial charge in [-0.25, -0.2) is 0 Å². The third-order valence-corrected chi connectivity index (χ3v) is 6.43. The fourth-order valence-electron chi connectivity index (χ4n) is 4.73. The monoisotopic (exact) mass is 319 g/mol. The van der Waals surface area contributed by atoms with Crippen LogP contribution < -0.4 is 5.32 Å². The number of carbonyl (C=O) groups excluding carboxylic acids is 1. The van der Waals surface area contributed by atoms with Gasteiger partial charge in [-0.05, 0) is 61.6 Å². The smallest absolute Gasteiger partial charge is 0.230 e. The van der Waals surface area contributed by atoms with Gasteiger partial charge in [0.2, 0.25) is 5.91 Å². The van der Waals surface area contributed by atoms with Crippen LogP contribution in [-0.2, 0) is 10.2 Å². The molecule has 0 radical (unpaired) electrons. The van der Waals surface area contributed by atoms with Gasteiger partial charge in [0.05, 0.1) is 5.41 Å². The summed E-state index contributed by atoms with van der Waals surface area (Å²) in [4.78, 5) is 12.9. The molecule has 0 aromatic heterocycles. The lowest BCUT2D eigenvalue weighted by atomic mass is 9.84. The van der Waals surface area contributed by atoms with E-state index >= 15 is 0 Å². The Balaban J connectivity index is 1.51. The van der Waals surface area contributed by atoms with Crippen molar-refractivity contribution < 1.29 is 9.90 Å². The molecule has 2 unspecified atom stereocenters. The Kier molecular flexibility index (Phi) is 3.46. The molecule has 0 aliphatic heterocycles. The summed E-state index contributed by atoms with van der Waals surface area (Å²) >= 11 is 5.95. The van der Waals surface area contributed by atoms with Crippen molar-refractivity contribution in [2.75, 3.05) is 6.61 Å². The highest BCUT2D eigenvalue weighted by atomic mass is 35.5. The summed E-state index contributed by atoms with van der Waals surface area (Å²) in [5, 5.41) is 13.7. The summed E-state index contributed by atoms with van der Waals surface area (Å²) in [6.07, 6.45) is 5.39. The van der Waals surface area contributed by atoms with Crippen LogP contribution >= 0.6 is 11.6 Å². The Bertz CT molecular complexity index is 581. The fraction of sp³-hybridized carbons (Fsp3) is 0.611. The Labute approximate surface area is 136 Å². The lowest BCUT2D eigenvalue weighted by molar-refractivity contribution is -0.125. The summed E-state index contributed by atoms with van der Waals surface area (Å²) in [6.45, 7) is 0.195. The number of benzene rings is 1. The van der Waals surface area contributed by atoms with Crippen LogP contribution in [0.15, 0.2) is 24.3 Å². The number of aliphatic hydroxyl groups excluding tert-OH is 1. The predicted molar refractivity (Wildman–Crippen MR) is 85.7 cm³/mol. The van der Waals surface area contributed by atoms with Crippen LogP contribution in [0.25, 0.3) is 0 Å². The highest BCUT2D eigenvalue weighted by Gasteiger charge is 2.54. The Morgan fingerprint density at radius 2 is 1.91 bits per heavy atom. The van der Waals surface area contributed by atoms with Crippen molar-refractivity contribution >= 4 is 17.5 Å². The molecular formula is C18H22ClNO2. The molecule has 3 aliphatic rings. The molecule has 118 valence electrons. The molecule has 3 saturated carbocycles. The van der Waals surface area contributed by atoms with Gasteiger partial charge in [-0.15, -0.1) is 0 Å². The first-order valence-corrected chi connectivity index (χ1v) is 8.70. The molecule has 4 heteroatoms. The van der Waals surface area contributed by atoms with Crippen LogP contribution in [0, 0.1) is 17.8 Å². The average Bonchev–Trinajstić information content (AvgIpc) is 3.10. The van der Waals surface area contributed by atoms with E-state index in [1.165, 1.54) is 19.3 Å². The molecule has 2 bridgehead atoms. The molecule has 4 rings (SSSR count). The van der Waals surface area contributed by atoms with Crippen LogP contribution in [0.4, 0.5) is 0 Å². The number of halogens is 1. The molecule has 4 atom stereocenters. The average molecular weight is 320 g/mol. The number of hydrogen-bond acceptors (Lipinski definition) is 2. The first-order valence-electron chi connectivity index (χ1n) is 8.32. The quantitative estimate of drug-likeness (QED) is 0.896. The molecule has 1 aromatic rings. The molecule has 1 aromatic carbocycles. The van der Waals surface area contributed by atoms with Crippen molar-refractivity contribution in [3.05, 3.63) is 34.9 Å². The molecule has 0 spiro atoms. The largest absolute Gasteiger partial charge is 0.396 e. The first-order chi connectivity index (χ1) is 10.6. The molecule has 0 heterocycles. The van der Waals surface area contributed by atoms with E-state index in [1.54, 1.807) is 0 Å². The highest BCUT2D eigenvalue weighted by Crippen LogP contribution is 2.51.